The second-order valence-corrected chi connectivity index (χ2v) is 13.4. The molecule has 2 aromatic carbocycles. The monoisotopic (exact) mass is 659 g/mol. The normalized spacial score (nSPS) is 21.1. The predicted octanol–water partition coefficient (Wildman–Crippen LogP) is 5.14. The number of methoxy groups -OCH3 is 1. The van der Waals surface area contributed by atoms with Gasteiger partial charge in [-0.2, -0.15) is 0 Å². The molecule has 47 heavy (non-hydrogen) atoms. The molecule has 0 spiro atoms. The number of ether oxygens (including phenoxy) is 3. The minimum Gasteiger partial charge on any atom is -0.468 e. The third kappa shape index (κ3) is 4.60. The van der Waals surface area contributed by atoms with Gasteiger partial charge < -0.3 is 28.8 Å². The molecule has 6 heterocycles. The minimum atomic E-state index is -1.62. The molecule has 1 aliphatic carbocycles. The fraction of sp³-hybridized carbons (Fsp3) is 0.333. The summed E-state index contributed by atoms with van der Waals surface area (Å²) < 4.78 is 48.2. The van der Waals surface area contributed by atoms with Gasteiger partial charge >= 0.3 is 12.2 Å². The van der Waals surface area contributed by atoms with Crippen LogP contribution < -0.4 is 4.74 Å². The van der Waals surface area contributed by atoms with Gasteiger partial charge in [0.25, 0.3) is 0 Å². The van der Waals surface area contributed by atoms with Crippen molar-refractivity contribution in [2.75, 3.05) is 39.9 Å². The van der Waals surface area contributed by atoms with Gasteiger partial charge in [-0.3, -0.25) is 14.1 Å². The van der Waals surface area contributed by atoms with Crippen molar-refractivity contribution in [1.29, 1.82) is 0 Å². The molecule has 4 unspecified atom stereocenters. The summed E-state index contributed by atoms with van der Waals surface area (Å²) in [7, 11) is -0.109. The number of benzene rings is 2. The summed E-state index contributed by atoms with van der Waals surface area (Å²) in [6.45, 7) is 1.22. The molecule has 14 heteroatoms. The summed E-state index contributed by atoms with van der Waals surface area (Å²) >= 11 is 0. The highest BCUT2D eigenvalue weighted by Gasteiger charge is 2.55. The number of cyclic esters (lactones) is 1. The fourth-order valence-corrected chi connectivity index (χ4v) is 8.14. The fourth-order valence-electron chi connectivity index (χ4n) is 7.45. The maximum atomic E-state index is 16.9. The third-order valence-corrected chi connectivity index (χ3v) is 10.4. The van der Waals surface area contributed by atoms with Gasteiger partial charge in [-0.25, -0.2) is 19.0 Å². The summed E-state index contributed by atoms with van der Waals surface area (Å²) in [5.74, 6) is -0.192. The average molecular weight is 660 g/mol. The Morgan fingerprint density at radius 2 is 2.02 bits per heavy atom. The Labute approximate surface area is 270 Å². The molecule has 2 bridgehead atoms. The highest BCUT2D eigenvalue weighted by Crippen LogP contribution is 2.52. The van der Waals surface area contributed by atoms with E-state index in [4.69, 9.17) is 14.2 Å². The van der Waals surface area contributed by atoms with Gasteiger partial charge in [0.2, 0.25) is 0 Å². The van der Waals surface area contributed by atoms with Crippen LogP contribution in [-0.2, 0) is 26.8 Å². The molecule has 5 aromatic rings. The van der Waals surface area contributed by atoms with E-state index in [2.05, 4.69) is 9.97 Å². The van der Waals surface area contributed by atoms with Crippen LogP contribution in [0.4, 0.5) is 14.0 Å². The van der Waals surface area contributed by atoms with Crippen LogP contribution in [0.5, 0.6) is 5.75 Å². The highest BCUT2D eigenvalue weighted by molar-refractivity contribution is 7.84. The molecule has 0 radical (unpaired) electrons. The Balaban J connectivity index is 1.38. The predicted molar refractivity (Wildman–Crippen MR) is 170 cm³/mol. The van der Waals surface area contributed by atoms with Gasteiger partial charge in [0.05, 0.1) is 41.5 Å². The van der Waals surface area contributed by atoms with Crippen molar-refractivity contribution in [3.05, 3.63) is 60.2 Å². The molecule has 4 fully saturated rings. The maximum absolute atomic E-state index is 16.9. The average Bonchev–Trinajstić information content (AvgIpc) is 3.84. The van der Waals surface area contributed by atoms with Gasteiger partial charge in [0.1, 0.15) is 28.6 Å². The van der Waals surface area contributed by atoms with Crippen molar-refractivity contribution in [2.24, 2.45) is 5.92 Å². The van der Waals surface area contributed by atoms with Gasteiger partial charge in [0, 0.05) is 54.1 Å². The zero-order valence-corrected chi connectivity index (χ0v) is 26.3. The molecule has 4 atom stereocenters. The Morgan fingerprint density at radius 3 is 2.74 bits per heavy atom. The zero-order chi connectivity index (χ0) is 32.6. The molecule has 3 saturated heterocycles. The Hall–Kier alpha value is -4.82. The number of carboxylic acid groups (broad SMARTS) is 1. The van der Waals surface area contributed by atoms with Crippen LogP contribution in [0.1, 0.15) is 18.2 Å². The van der Waals surface area contributed by atoms with Crippen molar-refractivity contribution in [3.8, 4) is 17.0 Å². The van der Waals surface area contributed by atoms with Gasteiger partial charge in [-0.1, -0.05) is 24.3 Å². The standard InChI is InChI=1S/C33H30FN5O7S/c1-44-16-46-20-9-17-5-3-4-6-21(17)22(12-20)27-26(34)28-24(13-35-27)30-23(31(36-28)47(2)43)11-19(15-37-7-8-45-33(37)42)39(30)29-18-10-25(29)38(14-18)32(40)41/h3-6,9,11-13,18,25,29H,7-8,10,14-16H2,1-2H3,(H,40,41). The van der Waals surface area contributed by atoms with Crippen LogP contribution in [0, 0.1) is 11.7 Å². The lowest BCUT2D eigenvalue weighted by Gasteiger charge is -2.39. The van der Waals surface area contributed by atoms with E-state index >= 15 is 4.39 Å². The molecule has 4 aliphatic rings. The number of hydrogen-bond donors (Lipinski definition) is 1. The third-order valence-electron chi connectivity index (χ3n) is 9.51. The van der Waals surface area contributed by atoms with Crippen molar-refractivity contribution in [3.63, 3.8) is 0 Å². The van der Waals surface area contributed by atoms with Gasteiger partial charge in [-0.15, -0.1) is 0 Å². The second-order valence-electron chi connectivity index (χ2n) is 12.1. The first-order chi connectivity index (χ1) is 22.7. The van der Waals surface area contributed by atoms with E-state index in [9.17, 15) is 18.9 Å². The smallest absolute Gasteiger partial charge is 0.410 e. The Kier molecular flexibility index (Phi) is 7.02. The summed E-state index contributed by atoms with van der Waals surface area (Å²) in [6.07, 6.45) is 2.32. The van der Waals surface area contributed by atoms with Crippen LogP contribution in [0.2, 0.25) is 0 Å². The maximum Gasteiger partial charge on any atom is 0.410 e. The summed E-state index contributed by atoms with van der Waals surface area (Å²) in [4.78, 5) is 36.9. The lowest BCUT2D eigenvalue weighted by atomic mass is 9.79. The van der Waals surface area contributed by atoms with Crippen molar-refractivity contribution < 1.29 is 37.5 Å². The first-order valence-electron chi connectivity index (χ1n) is 15.2. The largest absolute Gasteiger partial charge is 0.468 e. The summed E-state index contributed by atoms with van der Waals surface area (Å²) in [5.41, 5.74) is 1.80. The van der Waals surface area contributed by atoms with E-state index < -0.39 is 28.8 Å². The molecule has 1 saturated carbocycles. The number of aromatic nitrogens is 3. The Bertz CT molecular complexity index is 2160. The molecular weight excluding hydrogens is 629 g/mol. The lowest BCUT2D eigenvalue weighted by Crippen LogP contribution is -2.43. The van der Waals surface area contributed by atoms with Crippen LogP contribution in [0.25, 0.3) is 43.8 Å². The number of carbonyl (C=O) groups excluding carboxylic acids is 1. The number of fused-ring (bicyclic) bond motifs is 5. The topological polar surface area (TPSA) is 136 Å². The quantitative estimate of drug-likeness (QED) is 0.225. The van der Waals surface area contributed by atoms with Crippen molar-refractivity contribution in [1.82, 2.24) is 24.3 Å². The molecule has 3 aromatic heterocycles. The SMILES string of the molecule is COCOc1cc(-c2ncc3c(nc(S(C)=O)c4cc(CN5CCOC5=O)n(C5C6CC5N(C(=O)O)C6)c43)c2F)c2ccccc2c1. The molecular formula is C33H30FN5O7S. The van der Waals surface area contributed by atoms with E-state index in [1.807, 2.05) is 41.0 Å². The molecule has 12 nitrogen and oxygen atoms in total. The lowest BCUT2D eigenvalue weighted by molar-refractivity contribution is 0.0512. The Morgan fingerprint density at radius 1 is 1.19 bits per heavy atom. The number of carbonyl (C=O) groups is 2. The first kappa shape index (κ1) is 29.6. The van der Waals surface area contributed by atoms with Gasteiger partial charge in [0.15, 0.2) is 12.6 Å². The summed E-state index contributed by atoms with van der Waals surface area (Å²) in [5, 5.41) is 12.6. The second kappa shape index (κ2) is 11.2. The van der Waals surface area contributed by atoms with Crippen LogP contribution >= 0.6 is 0 Å². The molecule has 242 valence electrons. The van der Waals surface area contributed by atoms with E-state index in [1.165, 1.54) is 18.3 Å². The highest BCUT2D eigenvalue weighted by atomic mass is 32.2. The van der Waals surface area contributed by atoms with E-state index in [-0.39, 0.29) is 54.2 Å². The number of rotatable bonds is 8. The number of amides is 2. The number of pyridine rings is 2. The summed E-state index contributed by atoms with van der Waals surface area (Å²) in [6, 6.07) is 12.3. The van der Waals surface area contributed by atoms with Crippen LogP contribution in [0.3, 0.4) is 0 Å². The first-order valence-corrected chi connectivity index (χ1v) is 16.7. The van der Waals surface area contributed by atoms with Gasteiger partial charge in [-0.05, 0) is 35.4 Å². The van der Waals surface area contributed by atoms with Crippen LogP contribution in [0.15, 0.2) is 53.7 Å². The number of hydrogen-bond acceptors (Lipinski definition) is 8. The van der Waals surface area contributed by atoms with Crippen molar-refractivity contribution >= 4 is 55.6 Å². The van der Waals surface area contributed by atoms with E-state index in [0.29, 0.717) is 52.8 Å². The molecule has 1 N–H and O–H groups in total. The molecule has 3 aliphatic heterocycles. The molecule has 9 rings (SSSR count). The minimum absolute atomic E-state index is 0.00626. The van der Waals surface area contributed by atoms with Crippen molar-refractivity contribution in [2.45, 2.75) is 30.1 Å². The van der Waals surface area contributed by atoms with E-state index in [1.54, 1.807) is 17.2 Å². The molecule has 2 amide bonds. The zero-order valence-electron chi connectivity index (χ0n) is 25.5. The number of halogens is 1. The van der Waals surface area contributed by atoms with Crippen LogP contribution in [-0.4, -0.2) is 91.7 Å². The van der Waals surface area contributed by atoms with E-state index in [0.717, 1.165) is 10.8 Å². The number of nitrogens with zero attached hydrogens (tertiary/aromatic N) is 5.